The summed E-state index contributed by atoms with van der Waals surface area (Å²) in [5.41, 5.74) is 0. The van der Waals surface area contributed by atoms with Crippen LogP contribution < -0.4 is 16.0 Å². The first kappa shape index (κ1) is 13.9. The highest BCUT2D eigenvalue weighted by Crippen LogP contribution is 2.19. The molecule has 1 rings (SSSR count). The summed E-state index contributed by atoms with van der Waals surface area (Å²) in [6.07, 6.45) is 2.20. The molecule has 3 amide bonds. The maximum atomic E-state index is 11.8. The number of urea groups is 1. The predicted octanol–water partition coefficient (Wildman–Crippen LogP) is -0.486. The first-order valence-electron chi connectivity index (χ1n) is 6.03. The summed E-state index contributed by atoms with van der Waals surface area (Å²) >= 11 is 0. The fourth-order valence-electron chi connectivity index (χ4n) is 2.25. The second-order valence-electron chi connectivity index (χ2n) is 4.34. The van der Waals surface area contributed by atoms with E-state index in [2.05, 4.69) is 20.9 Å². The largest absolute Gasteiger partial charge is 0.341 e. The number of rotatable bonds is 4. The van der Waals surface area contributed by atoms with Crippen molar-refractivity contribution in [3.63, 3.8) is 0 Å². The van der Waals surface area contributed by atoms with Gasteiger partial charge in [-0.3, -0.25) is 15.0 Å². The molecule has 3 N–H and O–H groups in total. The number of imide groups is 1. The highest BCUT2D eigenvalue weighted by Gasteiger charge is 2.31. The van der Waals surface area contributed by atoms with E-state index in [1.54, 1.807) is 0 Å². The second kappa shape index (κ2) is 6.56. The number of nitrogens with one attached hydrogen (secondary N) is 3. The summed E-state index contributed by atoms with van der Waals surface area (Å²) in [5.74, 6) is -0.243. The standard InChI is InChI=1S/C11H22N4O2/c1-8(10(16)14-11(17)13-3)15-6-4-5-9(15)7-12-2/h8-9,12H,4-7H2,1-3H3,(H2,13,14,16,17). The third-order valence-electron chi connectivity index (χ3n) is 3.20. The Morgan fingerprint density at radius 3 is 2.71 bits per heavy atom. The van der Waals surface area contributed by atoms with Gasteiger partial charge in [0.1, 0.15) is 0 Å². The molecular weight excluding hydrogens is 220 g/mol. The Hall–Kier alpha value is -1.14. The van der Waals surface area contributed by atoms with Crippen LogP contribution >= 0.6 is 0 Å². The molecule has 0 aromatic carbocycles. The SMILES string of the molecule is CNCC1CCCN1C(C)C(=O)NC(=O)NC. The van der Waals surface area contributed by atoms with E-state index in [4.69, 9.17) is 0 Å². The van der Waals surface area contributed by atoms with Crippen LogP contribution in [0.3, 0.4) is 0 Å². The summed E-state index contributed by atoms with van der Waals surface area (Å²) in [6.45, 7) is 3.62. The zero-order valence-electron chi connectivity index (χ0n) is 10.7. The highest BCUT2D eigenvalue weighted by molar-refractivity contribution is 5.96. The van der Waals surface area contributed by atoms with Crippen molar-refractivity contribution in [2.24, 2.45) is 0 Å². The van der Waals surface area contributed by atoms with Crippen LogP contribution in [-0.4, -0.2) is 56.1 Å². The van der Waals surface area contributed by atoms with E-state index in [1.807, 2.05) is 14.0 Å². The molecular formula is C11H22N4O2. The monoisotopic (exact) mass is 242 g/mol. The van der Waals surface area contributed by atoms with E-state index >= 15 is 0 Å². The number of hydrogen-bond acceptors (Lipinski definition) is 4. The lowest BCUT2D eigenvalue weighted by molar-refractivity contribution is -0.125. The van der Waals surface area contributed by atoms with E-state index in [0.717, 1.165) is 25.9 Å². The van der Waals surface area contributed by atoms with Crippen LogP contribution in [0.5, 0.6) is 0 Å². The average molecular weight is 242 g/mol. The van der Waals surface area contributed by atoms with Crippen molar-refractivity contribution < 1.29 is 9.59 Å². The molecule has 2 atom stereocenters. The molecule has 0 radical (unpaired) electrons. The Bertz CT molecular complexity index is 283. The normalized spacial score (nSPS) is 22.2. The van der Waals surface area contributed by atoms with Gasteiger partial charge in [-0.1, -0.05) is 0 Å². The molecule has 1 fully saturated rings. The zero-order valence-corrected chi connectivity index (χ0v) is 10.7. The lowest BCUT2D eigenvalue weighted by Crippen LogP contribution is -2.51. The van der Waals surface area contributed by atoms with Crippen molar-refractivity contribution >= 4 is 11.9 Å². The van der Waals surface area contributed by atoms with Crippen molar-refractivity contribution in [3.8, 4) is 0 Å². The Labute approximate surface area is 102 Å². The van der Waals surface area contributed by atoms with Crippen LogP contribution in [0.2, 0.25) is 0 Å². The van der Waals surface area contributed by atoms with Gasteiger partial charge in [-0.15, -0.1) is 0 Å². The fourth-order valence-corrected chi connectivity index (χ4v) is 2.25. The second-order valence-corrected chi connectivity index (χ2v) is 4.34. The van der Waals surface area contributed by atoms with E-state index < -0.39 is 6.03 Å². The van der Waals surface area contributed by atoms with Gasteiger partial charge >= 0.3 is 6.03 Å². The molecule has 1 saturated heterocycles. The molecule has 0 saturated carbocycles. The lowest BCUT2D eigenvalue weighted by atomic mass is 10.2. The van der Waals surface area contributed by atoms with Crippen molar-refractivity contribution in [1.29, 1.82) is 0 Å². The number of likely N-dealkylation sites (N-methyl/N-ethyl adjacent to an activating group) is 1. The smallest absolute Gasteiger partial charge is 0.321 e. The van der Waals surface area contributed by atoms with Gasteiger partial charge in [-0.2, -0.15) is 0 Å². The van der Waals surface area contributed by atoms with Crippen molar-refractivity contribution in [2.45, 2.75) is 31.8 Å². The summed E-state index contributed by atoms with van der Waals surface area (Å²) in [6, 6.07) is -0.343. The van der Waals surface area contributed by atoms with Gasteiger partial charge in [0.05, 0.1) is 6.04 Å². The van der Waals surface area contributed by atoms with Gasteiger partial charge in [-0.25, -0.2) is 4.79 Å². The molecule has 0 aromatic rings. The number of likely N-dealkylation sites (tertiary alicyclic amines) is 1. The third-order valence-corrected chi connectivity index (χ3v) is 3.20. The van der Waals surface area contributed by atoms with E-state index in [9.17, 15) is 9.59 Å². The number of carbonyl (C=O) groups excluding carboxylic acids is 2. The average Bonchev–Trinajstić information content (AvgIpc) is 2.76. The molecule has 17 heavy (non-hydrogen) atoms. The molecule has 6 nitrogen and oxygen atoms in total. The summed E-state index contributed by atoms with van der Waals surface area (Å²) in [4.78, 5) is 25.0. The van der Waals surface area contributed by atoms with Crippen LogP contribution in [0.25, 0.3) is 0 Å². The summed E-state index contributed by atoms with van der Waals surface area (Å²) in [5, 5.41) is 7.83. The van der Waals surface area contributed by atoms with Crippen LogP contribution in [0.15, 0.2) is 0 Å². The van der Waals surface area contributed by atoms with Crippen LogP contribution in [0.1, 0.15) is 19.8 Å². The molecule has 0 spiro atoms. The quantitative estimate of drug-likeness (QED) is 0.622. The number of nitrogens with zero attached hydrogens (tertiary/aromatic N) is 1. The first-order valence-corrected chi connectivity index (χ1v) is 6.03. The van der Waals surface area contributed by atoms with Gasteiger partial charge in [0.2, 0.25) is 5.91 Å². The molecule has 1 aliphatic heterocycles. The predicted molar refractivity (Wildman–Crippen MR) is 65.7 cm³/mol. The van der Waals surface area contributed by atoms with E-state index in [0.29, 0.717) is 6.04 Å². The van der Waals surface area contributed by atoms with Gasteiger partial charge in [0.25, 0.3) is 0 Å². The molecule has 98 valence electrons. The number of hydrogen-bond donors (Lipinski definition) is 3. The number of amides is 3. The Morgan fingerprint density at radius 1 is 1.41 bits per heavy atom. The Kier molecular flexibility index (Phi) is 5.37. The first-order chi connectivity index (χ1) is 8.10. The van der Waals surface area contributed by atoms with Gasteiger partial charge in [0.15, 0.2) is 0 Å². The van der Waals surface area contributed by atoms with E-state index in [-0.39, 0.29) is 11.9 Å². The molecule has 0 aromatic heterocycles. The number of carbonyl (C=O) groups is 2. The molecule has 1 aliphatic rings. The highest BCUT2D eigenvalue weighted by atomic mass is 16.2. The zero-order chi connectivity index (χ0) is 12.8. The van der Waals surface area contributed by atoms with E-state index in [1.165, 1.54) is 7.05 Å². The fraction of sp³-hybridized carbons (Fsp3) is 0.818. The molecule has 6 heteroatoms. The summed E-state index contributed by atoms with van der Waals surface area (Å²) < 4.78 is 0. The van der Waals surface area contributed by atoms with Gasteiger partial charge < -0.3 is 10.6 Å². The third kappa shape index (κ3) is 3.67. The molecule has 1 heterocycles. The summed E-state index contributed by atoms with van der Waals surface area (Å²) in [7, 11) is 3.40. The maximum Gasteiger partial charge on any atom is 0.321 e. The lowest BCUT2D eigenvalue weighted by Gasteiger charge is -2.29. The minimum atomic E-state index is -0.453. The van der Waals surface area contributed by atoms with Gasteiger partial charge in [0, 0.05) is 19.6 Å². The maximum absolute atomic E-state index is 11.8. The topological polar surface area (TPSA) is 73.5 Å². The van der Waals surface area contributed by atoms with Crippen molar-refractivity contribution in [3.05, 3.63) is 0 Å². The molecule has 0 aliphatic carbocycles. The Balaban J connectivity index is 2.52. The van der Waals surface area contributed by atoms with Crippen LogP contribution in [0.4, 0.5) is 4.79 Å². The van der Waals surface area contributed by atoms with Crippen molar-refractivity contribution in [2.75, 3.05) is 27.2 Å². The van der Waals surface area contributed by atoms with Gasteiger partial charge in [-0.05, 0) is 33.4 Å². The Morgan fingerprint density at radius 2 is 2.12 bits per heavy atom. The minimum absolute atomic E-state index is 0.243. The van der Waals surface area contributed by atoms with Crippen LogP contribution in [-0.2, 0) is 4.79 Å². The minimum Gasteiger partial charge on any atom is -0.341 e. The molecule has 0 bridgehead atoms. The van der Waals surface area contributed by atoms with Crippen molar-refractivity contribution in [1.82, 2.24) is 20.9 Å². The van der Waals surface area contributed by atoms with Crippen LogP contribution in [0, 0.1) is 0 Å². The molecule has 2 unspecified atom stereocenters.